The fourth-order valence-corrected chi connectivity index (χ4v) is 7.52. The molecule has 2 aliphatic heterocycles. The van der Waals surface area contributed by atoms with E-state index in [1.807, 2.05) is 37.4 Å². The third-order valence-electron chi connectivity index (χ3n) is 9.68. The minimum atomic E-state index is -1.01. The molecule has 0 saturated heterocycles. The van der Waals surface area contributed by atoms with Gasteiger partial charge < -0.3 is 10.2 Å². The van der Waals surface area contributed by atoms with E-state index in [0.717, 1.165) is 62.9 Å². The Morgan fingerprint density at radius 3 is 2.54 bits per heavy atom. The Kier molecular flexibility index (Phi) is 5.24. The standard InChI is InChI=1S/C35H32N4O2/c1-21-12-30-36-17-25-14-27(23-6-4-3-5-7-23)32(38-33(25)39(30)37-16-21)24-8-10-26(11-9-24)34(18-35(41,19-34)20-40)15-29-28-13-22(2)31(28)29/h3-12,14-15,17,22,28,31,40-41H,13,18-20H2,1-2H3. The number of hydrazone groups is 1. The highest BCUT2D eigenvalue weighted by molar-refractivity contribution is 5.96. The van der Waals surface area contributed by atoms with Gasteiger partial charge in [0.25, 0.3) is 0 Å². The zero-order valence-corrected chi connectivity index (χ0v) is 23.2. The van der Waals surface area contributed by atoms with E-state index >= 15 is 0 Å². The lowest BCUT2D eigenvalue weighted by Crippen LogP contribution is -2.56. The van der Waals surface area contributed by atoms with Gasteiger partial charge in [0.2, 0.25) is 0 Å². The maximum absolute atomic E-state index is 10.8. The van der Waals surface area contributed by atoms with E-state index in [4.69, 9.17) is 4.98 Å². The number of hydrogen-bond acceptors (Lipinski definition) is 6. The molecule has 204 valence electrons. The molecule has 0 bridgehead atoms. The van der Waals surface area contributed by atoms with Crippen molar-refractivity contribution in [3.63, 3.8) is 0 Å². The molecule has 2 aromatic carbocycles. The number of nitrogens with zero attached hydrogens (tertiary/aromatic N) is 4. The van der Waals surface area contributed by atoms with Gasteiger partial charge in [-0.25, -0.2) is 9.98 Å². The van der Waals surface area contributed by atoms with Crippen LogP contribution in [-0.2, 0) is 5.41 Å². The van der Waals surface area contributed by atoms with Crippen LogP contribution in [-0.4, -0.2) is 39.5 Å². The first kappa shape index (κ1) is 24.7. The van der Waals surface area contributed by atoms with Crippen LogP contribution in [0.15, 0.2) is 99.9 Å². The summed E-state index contributed by atoms with van der Waals surface area (Å²) in [6.07, 6.45) is 8.64. The summed E-state index contributed by atoms with van der Waals surface area (Å²) in [4.78, 5) is 9.82. The molecule has 3 unspecified atom stereocenters. The summed E-state index contributed by atoms with van der Waals surface area (Å²) in [7, 11) is 0. The lowest BCUT2D eigenvalue weighted by atomic mass is 9.56. The molecule has 3 aliphatic carbocycles. The summed E-state index contributed by atoms with van der Waals surface area (Å²) in [5, 5.41) is 27.0. The number of aromatic nitrogens is 1. The lowest BCUT2D eigenvalue weighted by molar-refractivity contribution is -0.108. The topological polar surface area (TPSA) is 81.3 Å². The van der Waals surface area contributed by atoms with Crippen LogP contribution in [0, 0.1) is 17.8 Å². The second-order valence-electron chi connectivity index (χ2n) is 12.6. The van der Waals surface area contributed by atoms with Gasteiger partial charge >= 0.3 is 0 Å². The van der Waals surface area contributed by atoms with Gasteiger partial charge in [-0.2, -0.15) is 5.01 Å². The fraction of sp³-hybridized carbons (Fsp3) is 0.314. The molecule has 3 saturated carbocycles. The van der Waals surface area contributed by atoms with Crippen molar-refractivity contribution in [2.75, 3.05) is 11.6 Å². The molecule has 3 aromatic rings. The van der Waals surface area contributed by atoms with E-state index in [2.05, 4.69) is 71.4 Å². The normalized spacial score (nSPS) is 31.4. The molecule has 0 spiro atoms. The van der Waals surface area contributed by atoms with Crippen molar-refractivity contribution in [3.8, 4) is 22.4 Å². The lowest BCUT2D eigenvalue weighted by Gasteiger charge is -2.51. The van der Waals surface area contributed by atoms with Gasteiger partial charge in [0.1, 0.15) is 0 Å². The highest BCUT2D eigenvalue weighted by Gasteiger charge is 2.60. The molecular formula is C35H32N4O2. The molecule has 3 heterocycles. The minimum absolute atomic E-state index is 0.202. The van der Waals surface area contributed by atoms with Crippen LogP contribution in [0.4, 0.5) is 5.82 Å². The molecule has 1 aromatic heterocycles. The van der Waals surface area contributed by atoms with E-state index in [1.165, 1.54) is 12.0 Å². The Morgan fingerprint density at radius 1 is 1.07 bits per heavy atom. The smallest absolute Gasteiger partial charge is 0.166 e. The van der Waals surface area contributed by atoms with Crippen LogP contribution in [0.1, 0.15) is 44.2 Å². The van der Waals surface area contributed by atoms with E-state index in [1.54, 1.807) is 10.6 Å². The molecule has 2 N–H and O–H groups in total. The minimum Gasteiger partial charge on any atom is -0.393 e. The average Bonchev–Trinajstić information content (AvgIpc) is 3.57. The third-order valence-corrected chi connectivity index (χ3v) is 9.68. The molecule has 3 atom stereocenters. The van der Waals surface area contributed by atoms with E-state index in [0.29, 0.717) is 12.8 Å². The molecule has 6 heteroatoms. The predicted octanol–water partition coefficient (Wildman–Crippen LogP) is 6.01. The van der Waals surface area contributed by atoms with Crippen molar-refractivity contribution in [2.24, 2.45) is 27.8 Å². The summed E-state index contributed by atoms with van der Waals surface area (Å²) >= 11 is 0. The number of fused-ring (bicyclic) bond motifs is 4. The number of allylic oxidation sites excluding steroid dienone is 4. The second-order valence-corrected chi connectivity index (χ2v) is 12.6. The van der Waals surface area contributed by atoms with E-state index in [-0.39, 0.29) is 12.0 Å². The quantitative estimate of drug-likeness (QED) is 0.389. The molecule has 6 nitrogen and oxygen atoms in total. The van der Waals surface area contributed by atoms with Crippen LogP contribution in [0.5, 0.6) is 0 Å². The van der Waals surface area contributed by atoms with Gasteiger partial charge in [0.05, 0.1) is 17.9 Å². The van der Waals surface area contributed by atoms with Crippen molar-refractivity contribution < 1.29 is 10.2 Å². The number of hydrogen-bond donors (Lipinski definition) is 2. The number of rotatable bonds is 5. The van der Waals surface area contributed by atoms with Crippen molar-refractivity contribution >= 4 is 17.9 Å². The van der Waals surface area contributed by atoms with Crippen LogP contribution in [0.2, 0.25) is 0 Å². The molecule has 3 fully saturated rings. The summed E-state index contributed by atoms with van der Waals surface area (Å²) in [5.74, 6) is 6.72. The van der Waals surface area contributed by atoms with Crippen molar-refractivity contribution in [3.05, 3.63) is 101 Å². The first-order valence-corrected chi connectivity index (χ1v) is 14.5. The van der Waals surface area contributed by atoms with E-state index in [9.17, 15) is 10.2 Å². The Morgan fingerprint density at radius 2 is 1.85 bits per heavy atom. The van der Waals surface area contributed by atoms with Gasteiger partial charge in [-0.15, -0.1) is 5.10 Å². The Balaban J connectivity index is 1.22. The summed E-state index contributed by atoms with van der Waals surface area (Å²) in [5.41, 5.74) is 7.32. The second kappa shape index (κ2) is 8.70. The maximum atomic E-state index is 10.8. The fourth-order valence-electron chi connectivity index (χ4n) is 7.52. The van der Waals surface area contributed by atoms with Gasteiger partial charge in [-0.3, -0.25) is 0 Å². The summed E-state index contributed by atoms with van der Waals surface area (Å²) in [6.45, 7) is 4.09. The summed E-state index contributed by atoms with van der Waals surface area (Å²) < 4.78 is 0. The third kappa shape index (κ3) is 3.82. The Labute approximate surface area is 239 Å². The molecule has 8 rings (SSSR count). The van der Waals surface area contributed by atoms with Gasteiger partial charge in [-0.1, -0.05) is 73.2 Å². The van der Waals surface area contributed by atoms with Crippen molar-refractivity contribution in [1.82, 2.24) is 4.98 Å². The van der Waals surface area contributed by atoms with Crippen LogP contribution < -0.4 is 5.01 Å². The highest BCUT2D eigenvalue weighted by Crippen LogP contribution is 2.66. The monoisotopic (exact) mass is 540 g/mol. The van der Waals surface area contributed by atoms with Gasteiger partial charge in [0.15, 0.2) is 11.6 Å². The molecule has 0 amide bonds. The zero-order valence-electron chi connectivity index (χ0n) is 23.2. The molecule has 41 heavy (non-hydrogen) atoms. The van der Waals surface area contributed by atoms with Gasteiger partial charge in [0, 0.05) is 39.8 Å². The van der Waals surface area contributed by atoms with Crippen LogP contribution in [0.3, 0.4) is 0 Å². The van der Waals surface area contributed by atoms with E-state index < -0.39 is 5.60 Å². The number of aliphatic hydroxyl groups is 2. The van der Waals surface area contributed by atoms with Crippen LogP contribution >= 0.6 is 0 Å². The largest absolute Gasteiger partial charge is 0.393 e. The number of benzene rings is 2. The first-order valence-electron chi connectivity index (χ1n) is 14.5. The van der Waals surface area contributed by atoms with Crippen molar-refractivity contribution in [1.29, 1.82) is 0 Å². The Bertz CT molecular complexity index is 1740. The van der Waals surface area contributed by atoms with Crippen LogP contribution in [0.25, 0.3) is 22.4 Å². The molecule has 0 radical (unpaired) electrons. The summed E-state index contributed by atoms with van der Waals surface area (Å²) in [6, 6.07) is 21.1. The van der Waals surface area contributed by atoms with Gasteiger partial charge in [-0.05, 0) is 67.2 Å². The first-order chi connectivity index (χ1) is 19.9. The molecular weight excluding hydrogens is 508 g/mol. The Hall–Kier alpha value is -4.09. The number of aliphatic hydroxyl groups excluding tert-OH is 1. The molecule has 5 aliphatic rings. The maximum Gasteiger partial charge on any atom is 0.166 e. The van der Waals surface area contributed by atoms with Crippen molar-refractivity contribution in [2.45, 2.75) is 44.1 Å². The highest BCUT2D eigenvalue weighted by atomic mass is 16.3. The zero-order chi connectivity index (χ0) is 27.9. The predicted molar refractivity (Wildman–Crippen MR) is 162 cm³/mol. The SMILES string of the molecule is CC1=C=NN2C(=C1)N=Cc1cc(-c3ccccc3)c(-c3ccc(C4(C=C5C6CC(C)C56)CC(O)(CO)C4)cc3)nc12. The average molecular weight is 541 g/mol. The number of anilines is 1. The number of aliphatic imine (C=N–C) groups is 1. The number of pyridine rings is 1.